The average molecular weight is 240 g/mol. The summed E-state index contributed by atoms with van der Waals surface area (Å²) in [6.45, 7) is 0. The summed E-state index contributed by atoms with van der Waals surface area (Å²) in [5.74, 6) is 0.279. The van der Waals surface area contributed by atoms with E-state index in [4.69, 9.17) is 10.2 Å². The number of aliphatic hydroxyl groups excluding tert-OH is 1. The molecule has 90 valence electrons. The van der Waals surface area contributed by atoms with Gasteiger partial charge in [-0.15, -0.1) is 0 Å². The molecule has 0 amide bonds. The topological polar surface area (TPSA) is 72.3 Å². The minimum atomic E-state index is -0.861. The Morgan fingerprint density at radius 2 is 1.89 bits per heavy atom. The highest BCUT2D eigenvalue weighted by Crippen LogP contribution is 2.25. The molecule has 4 heteroatoms. The molecule has 1 heterocycles. The summed E-state index contributed by atoms with van der Waals surface area (Å²) in [5, 5.41) is 10.2. The van der Waals surface area contributed by atoms with Crippen LogP contribution in [0.25, 0.3) is 11.1 Å². The third kappa shape index (κ3) is 1.83. The van der Waals surface area contributed by atoms with Gasteiger partial charge in [-0.05, 0) is 17.7 Å². The Morgan fingerprint density at radius 1 is 1.11 bits per heavy atom. The highest BCUT2D eigenvalue weighted by molar-refractivity contribution is 5.76. The summed E-state index contributed by atoms with van der Waals surface area (Å²) in [7, 11) is 0. The van der Waals surface area contributed by atoms with Crippen LogP contribution in [0.5, 0.6) is 0 Å². The van der Waals surface area contributed by atoms with Crippen LogP contribution < -0.4 is 5.73 Å². The van der Waals surface area contributed by atoms with Crippen LogP contribution in [0.3, 0.4) is 0 Å². The van der Waals surface area contributed by atoms with Gasteiger partial charge in [0.15, 0.2) is 11.7 Å². The zero-order valence-electron chi connectivity index (χ0n) is 9.58. The molecule has 0 radical (unpaired) electrons. The summed E-state index contributed by atoms with van der Waals surface area (Å²) in [5.41, 5.74) is 8.30. The SMILES string of the molecule is Nc1ccc2nc(C(O)c3ccccc3)oc2c1. The Bertz CT molecular complexity index is 677. The molecule has 1 atom stereocenters. The molecule has 0 aliphatic carbocycles. The van der Waals surface area contributed by atoms with E-state index in [-0.39, 0.29) is 5.89 Å². The van der Waals surface area contributed by atoms with Crippen LogP contribution in [-0.4, -0.2) is 10.1 Å². The van der Waals surface area contributed by atoms with E-state index in [0.29, 0.717) is 16.8 Å². The summed E-state index contributed by atoms with van der Waals surface area (Å²) in [4.78, 5) is 4.26. The van der Waals surface area contributed by atoms with Gasteiger partial charge in [0, 0.05) is 11.8 Å². The van der Waals surface area contributed by atoms with Crippen LogP contribution >= 0.6 is 0 Å². The van der Waals surface area contributed by atoms with Gasteiger partial charge in [-0.3, -0.25) is 0 Å². The van der Waals surface area contributed by atoms with E-state index in [1.165, 1.54) is 0 Å². The molecule has 1 unspecified atom stereocenters. The fraction of sp³-hybridized carbons (Fsp3) is 0.0714. The van der Waals surface area contributed by atoms with E-state index in [1.807, 2.05) is 30.3 Å². The van der Waals surface area contributed by atoms with Gasteiger partial charge in [-0.2, -0.15) is 0 Å². The molecule has 0 bridgehead atoms. The number of aliphatic hydroxyl groups is 1. The highest BCUT2D eigenvalue weighted by Gasteiger charge is 2.16. The number of hydrogen-bond donors (Lipinski definition) is 2. The lowest BCUT2D eigenvalue weighted by molar-refractivity contribution is 0.185. The van der Waals surface area contributed by atoms with Crippen molar-refractivity contribution in [1.82, 2.24) is 4.98 Å². The molecular weight excluding hydrogens is 228 g/mol. The van der Waals surface area contributed by atoms with Crippen LogP contribution in [0.2, 0.25) is 0 Å². The van der Waals surface area contributed by atoms with E-state index < -0.39 is 6.10 Å². The van der Waals surface area contributed by atoms with Crippen LogP contribution in [0.15, 0.2) is 52.9 Å². The van der Waals surface area contributed by atoms with Gasteiger partial charge < -0.3 is 15.3 Å². The van der Waals surface area contributed by atoms with Crippen molar-refractivity contribution < 1.29 is 9.52 Å². The fourth-order valence-electron chi connectivity index (χ4n) is 1.85. The molecule has 18 heavy (non-hydrogen) atoms. The first-order valence-electron chi connectivity index (χ1n) is 5.63. The van der Waals surface area contributed by atoms with E-state index in [0.717, 1.165) is 5.56 Å². The zero-order valence-corrected chi connectivity index (χ0v) is 9.58. The highest BCUT2D eigenvalue weighted by atomic mass is 16.4. The third-order valence-electron chi connectivity index (χ3n) is 2.78. The zero-order chi connectivity index (χ0) is 12.5. The van der Waals surface area contributed by atoms with Gasteiger partial charge in [0.1, 0.15) is 5.52 Å². The van der Waals surface area contributed by atoms with Crippen LogP contribution in [0.4, 0.5) is 5.69 Å². The molecule has 1 aromatic heterocycles. The van der Waals surface area contributed by atoms with Crippen molar-refractivity contribution in [3.05, 3.63) is 60.0 Å². The molecule has 0 saturated carbocycles. The molecule has 0 aliphatic rings. The molecule has 2 aromatic carbocycles. The molecule has 0 saturated heterocycles. The maximum Gasteiger partial charge on any atom is 0.228 e. The van der Waals surface area contributed by atoms with Gasteiger partial charge in [-0.25, -0.2) is 4.98 Å². The Kier molecular flexibility index (Phi) is 2.50. The van der Waals surface area contributed by atoms with Crippen molar-refractivity contribution in [3.8, 4) is 0 Å². The number of nitrogens with zero attached hydrogens (tertiary/aromatic N) is 1. The van der Waals surface area contributed by atoms with Crippen LogP contribution in [0, 0.1) is 0 Å². The standard InChI is InChI=1S/C14H12N2O2/c15-10-6-7-11-12(8-10)18-14(16-11)13(17)9-4-2-1-3-5-9/h1-8,13,17H,15H2. The maximum absolute atomic E-state index is 10.2. The molecule has 0 fully saturated rings. The number of rotatable bonds is 2. The van der Waals surface area contributed by atoms with Gasteiger partial charge in [0.05, 0.1) is 0 Å². The number of oxazole rings is 1. The quantitative estimate of drug-likeness (QED) is 0.675. The van der Waals surface area contributed by atoms with Crippen molar-refractivity contribution in [1.29, 1.82) is 0 Å². The minimum absolute atomic E-state index is 0.279. The smallest absolute Gasteiger partial charge is 0.228 e. The van der Waals surface area contributed by atoms with Crippen molar-refractivity contribution in [3.63, 3.8) is 0 Å². The van der Waals surface area contributed by atoms with Gasteiger partial charge in [0.2, 0.25) is 5.89 Å². The van der Waals surface area contributed by atoms with E-state index in [1.54, 1.807) is 18.2 Å². The predicted molar refractivity (Wildman–Crippen MR) is 68.9 cm³/mol. The molecule has 0 aliphatic heterocycles. The van der Waals surface area contributed by atoms with Crippen molar-refractivity contribution in [2.45, 2.75) is 6.10 Å². The number of benzene rings is 2. The lowest BCUT2D eigenvalue weighted by atomic mass is 10.1. The Hall–Kier alpha value is -2.33. The predicted octanol–water partition coefficient (Wildman–Crippen LogP) is 2.49. The van der Waals surface area contributed by atoms with E-state index in [2.05, 4.69) is 4.98 Å². The van der Waals surface area contributed by atoms with Crippen molar-refractivity contribution >= 4 is 16.8 Å². The second-order valence-electron chi connectivity index (χ2n) is 4.09. The molecule has 3 aromatic rings. The number of nitrogens with two attached hydrogens (primary N) is 1. The lowest BCUT2D eigenvalue weighted by Crippen LogP contribution is -1.99. The van der Waals surface area contributed by atoms with Gasteiger partial charge in [-0.1, -0.05) is 30.3 Å². The van der Waals surface area contributed by atoms with E-state index >= 15 is 0 Å². The number of nitrogen functional groups attached to an aromatic ring is 1. The maximum atomic E-state index is 10.2. The van der Waals surface area contributed by atoms with E-state index in [9.17, 15) is 5.11 Å². The molecule has 4 nitrogen and oxygen atoms in total. The first kappa shape index (κ1) is 10.8. The van der Waals surface area contributed by atoms with Crippen molar-refractivity contribution in [2.24, 2.45) is 0 Å². The van der Waals surface area contributed by atoms with Gasteiger partial charge in [0.25, 0.3) is 0 Å². The summed E-state index contributed by atoms with van der Waals surface area (Å²) in [6, 6.07) is 14.5. The molecule has 3 N–H and O–H groups in total. The fourth-order valence-corrected chi connectivity index (χ4v) is 1.85. The summed E-state index contributed by atoms with van der Waals surface area (Å²) < 4.78 is 5.52. The minimum Gasteiger partial charge on any atom is -0.437 e. The normalized spacial score (nSPS) is 12.7. The number of fused-ring (bicyclic) bond motifs is 1. The monoisotopic (exact) mass is 240 g/mol. The summed E-state index contributed by atoms with van der Waals surface area (Å²) in [6.07, 6.45) is -0.861. The third-order valence-corrected chi connectivity index (χ3v) is 2.78. The second kappa shape index (κ2) is 4.16. The Balaban J connectivity index is 2.04. The molecule has 0 spiro atoms. The largest absolute Gasteiger partial charge is 0.437 e. The summed E-state index contributed by atoms with van der Waals surface area (Å²) >= 11 is 0. The first-order chi connectivity index (χ1) is 8.74. The van der Waals surface area contributed by atoms with Crippen LogP contribution in [0.1, 0.15) is 17.6 Å². The number of aromatic nitrogens is 1. The lowest BCUT2D eigenvalue weighted by Gasteiger charge is -2.05. The van der Waals surface area contributed by atoms with Crippen molar-refractivity contribution in [2.75, 3.05) is 5.73 Å². The Morgan fingerprint density at radius 3 is 2.67 bits per heavy atom. The second-order valence-corrected chi connectivity index (χ2v) is 4.09. The first-order valence-corrected chi connectivity index (χ1v) is 5.63. The number of anilines is 1. The molecular formula is C14H12N2O2. The average Bonchev–Trinajstić information content (AvgIpc) is 2.81. The Labute approximate surface area is 104 Å². The number of hydrogen-bond acceptors (Lipinski definition) is 4. The van der Waals surface area contributed by atoms with Gasteiger partial charge >= 0.3 is 0 Å². The van der Waals surface area contributed by atoms with Crippen LogP contribution in [-0.2, 0) is 0 Å². The molecule has 3 rings (SSSR count).